The van der Waals surface area contributed by atoms with Crippen molar-refractivity contribution in [2.75, 3.05) is 19.6 Å². The number of likely N-dealkylation sites (tertiary alicyclic amines) is 1. The number of hydrogen-bond donors (Lipinski definition) is 2. The lowest BCUT2D eigenvalue weighted by atomic mass is 10.1. The van der Waals surface area contributed by atoms with E-state index in [1.54, 1.807) is 30.5 Å². The van der Waals surface area contributed by atoms with Crippen molar-refractivity contribution in [1.29, 1.82) is 0 Å². The van der Waals surface area contributed by atoms with Crippen LogP contribution in [0.15, 0.2) is 47.1 Å². The highest BCUT2D eigenvalue weighted by molar-refractivity contribution is 5.97. The SMILES string of the molecule is NC(=O)c1ccc(C(=O)NCC(c2ccco2)N2CCCCC2)cc1. The minimum absolute atomic E-state index is 0.0316. The van der Waals surface area contributed by atoms with Crippen LogP contribution >= 0.6 is 0 Å². The molecule has 3 N–H and O–H groups in total. The van der Waals surface area contributed by atoms with E-state index in [1.807, 2.05) is 12.1 Å². The number of amides is 2. The zero-order chi connectivity index (χ0) is 17.6. The second-order valence-electron chi connectivity index (χ2n) is 6.28. The van der Waals surface area contributed by atoms with Gasteiger partial charge in [-0.05, 0) is 62.3 Å². The van der Waals surface area contributed by atoms with Gasteiger partial charge in [0.1, 0.15) is 5.76 Å². The second-order valence-corrected chi connectivity index (χ2v) is 6.28. The summed E-state index contributed by atoms with van der Waals surface area (Å²) < 4.78 is 5.58. The van der Waals surface area contributed by atoms with Gasteiger partial charge >= 0.3 is 0 Å². The van der Waals surface area contributed by atoms with E-state index in [9.17, 15) is 9.59 Å². The fourth-order valence-corrected chi connectivity index (χ4v) is 3.20. The lowest BCUT2D eigenvalue weighted by Gasteiger charge is -2.33. The Morgan fingerprint density at radius 2 is 1.76 bits per heavy atom. The number of furan rings is 1. The molecule has 1 aliphatic rings. The van der Waals surface area contributed by atoms with Gasteiger partial charge in [0, 0.05) is 17.7 Å². The Labute approximate surface area is 147 Å². The molecule has 0 spiro atoms. The molecule has 2 aromatic rings. The molecule has 0 saturated carbocycles. The third kappa shape index (κ3) is 4.28. The van der Waals surface area contributed by atoms with Crippen molar-refractivity contribution >= 4 is 11.8 Å². The number of carbonyl (C=O) groups excluding carboxylic acids is 2. The number of primary amides is 1. The van der Waals surface area contributed by atoms with Crippen LogP contribution in [0.4, 0.5) is 0 Å². The van der Waals surface area contributed by atoms with Crippen molar-refractivity contribution in [2.24, 2.45) is 5.73 Å². The minimum atomic E-state index is -0.505. The Hall–Kier alpha value is -2.60. The highest BCUT2D eigenvalue weighted by atomic mass is 16.3. The van der Waals surface area contributed by atoms with Crippen LogP contribution in [0, 0.1) is 0 Å². The average Bonchev–Trinajstić information content (AvgIpc) is 3.17. The highest BCUT2D eigenvalue weighted by Gasteiger charge is 2.25. The molecule has 3 rings (SSSR count). The van der Waals surface area contributed by atoms with Crippen LogP contribution in [0.1, 0.15) is 51.8 Å². The second kappa shape index (κ2) is 7.98. The van der Waals surface area contributed by atoms with Gasteiger partial charge in [-0.25, -0.2) is 0 Å². The average molecular weight is 341 g/mol. The number of nitrogens with one attached hydrogen (secondary N) is 1. The highest BCUT2D eigenvalue weighted by Crippen LogP contribution is 2.24. The third-order valence-electron chi connectivity index (χ3n) is 4.59. The van der Waals surface area contributed by atoms with E-state index < -0.39 is 5.91 Å². The first kappa shape index (κ1) is 17.2. The monoisotopic (exact) mass is 341 g/mol. The molecule has 0 bridgehead atoms. The van der Waals surface area contributed by atoms with Crippen molar-refractivity contribution in [3.8, 4) is 0 Å². The van der Waals surface area contributed by atoms with Crippen LogP contribution in [-0.2, 0) is 0 Å². The predicted octanol–water partition coefficient (Wildman–Crippen LogP) is 2.34. The maximum Gasteiger partial charge on any atom is 0.251 e. The number of hydrogen-bond acceptors (Lipinski definition) is 4. The fraction of sp³-hybridized carbons (Fsp3) is 0.368. The molecule has 1 aliphatic heterocycles. The van der Waals surface area contributed by atoms with Gasteiger partial charge in [0.05, 0.1) is 12.3 Å². The van der Waals surface area contributed by atoms with Crippen LogP contribution in [0.25, 0.3) is 0 Å². The van der Waals surface area contributed by atoms with E-state index >= 15 is 0 Å². The Kier molecular flexibility index (Phi) is 5.50. The standard InChI is InChI=1S/C19H23N3O3/c20-18(23)14-6-8-15(9-7-14)19(24)21-13-16(17-5-4-12-25-17)22-10-2-1-3-11-22/h4-9,12,16H,1-3,10-11,13H2,(H2,20,23)(H,21,24). The van der Waals surface area contributed by atoms with Gasteiger partial charge in [-0.15, -0.1) is 0 Å². The zero-order valence-corrected chi connectivity index (χ0v) is 14.1. The van der Waals surface area contributed by atoms with Crippen molar-refractivity contribution in [3.63, 3.8) is 0 Å². The molecule has 1 aromatic carbocycles. The summed E-state index contributed by atoms with van der Waals surface area (Å²) >= 11 is 0. The number of benzene rings is 1. The Balaban J connectivity index is 1.65. The number of nitrogens with zero attached hydrogens (tertiary/aromatic N) is 1. The van der Waals surface area contributed by atoms with Gasteiger partial charge < -0.3 is 15.5 Å². The lowest BCUT2D eigenvalue weighted by molar-refractivity contribution is 0.0912. The first-order chi connectivity index (χ1) is 12.1. The maximum atomic E-state index is 12.4. The van der Waals surface area contributed by atoms with Gasteiger partial charge in [0.25, 0.3) is 5.91 Å². The first-order valence-electron chi connectivity index (χ1n) is 8.60. The van der Waals surface area contributed by atoms with Crippen LogP contribution in [0.5, 0.6) is 0 Å². The molecule has 0 aliphatic carbocycles. The van der Waals surface area contributed by atoms with Crippen molar-refractivity contribution in [2.45, 2.75) is 25.3 Å². The summed E-state index contributed by atoms with van der Waals surface area (Å²) in [7, 11) is 0. The van der Waals surface area contributed by atoms with E-state index in [4.69, 9.17) is 10.2 Å². The van der Waals surface area contributed by atoms with Gasteiger partial charge in [-0.1, -0.05) is 6.42 Å². The van der Waals surface area contributed by atoms with Gasteiger partial charge in [-0.2, -0.15) is 0 Å². The van der Waals surface area contributed by atoms with Crippen LogP contribution < -0.4 is 11.1 Å². The molecule has 25 heavy (non-hydrogen) atoms. The number of nitrogens with two attached hydrogens (primary N) is 1. The van der Waals surface area contributed by atoms with E-state index in [0.29, 0.717) is 17.7 Å². The Morgan fingerprint density at radius 3 is 2.36 bits per heavy atom. The molecule has 132 valence electrons. The van der Waals surface area contributed by atoms with Crippen molar-refractivity contribution in [1.82, 2.24) is 10.2 Å². The Bertz CT molecular complexity index is 704. The Morgan fingerprint density at radius 1 is 1.08 bits per heavy atom. The van der Waals surface area contributed by atoms with Gasteiger partial charge in [0.2, 0.25) is 5.91 Å². The molecule has 6 nitrogen and oxygen atoms in total. The molecule has 1 saturated heterocycles. The summed E-state index contributed by atoms with van der Waals surface area (Å²) in [5.41, 5.74) is 6.11. The topological polar surface area (TPSA) is 88.6 Å². The van der Waals surface area contributed by atoms with Crippen molar-refractivity contribution in [3.05, 3.63) is 59.5 Å². The summed E-state index contributed by atoms with van der Waals surface area (Å²) in [5.74, 6) is 0.186. The first-order valence-corrected chi connectivity index (χ1v) is 8.60. The molecule has 0 radical (unpaired) electrons. The quantitative estimate of drug-likeness (QED) is 0.844. The number of piperidine rings is 1. The van der Waals surface area contributed by atoms with E-state index in [1.165, 1.54) is 19.3 Å². The molecule has 2 amide bonds. The summed E-state index contributed by atoms with van der Waals surface area (Å²) in [4.78, 5) is 25.9. The van der Waals surface area contributed by atoms with E-state index in [2.05, 4.69) is 10.2 Å². The van der Waals surface area contributed by atoms with Gasteiger partial charge in [-0.3, -0.25) is 14.5 Å². The largest absolute Gasteiger partial charge is 0.468 e. The molecule has 6 heteroatoms. The van der Waals surface area contributed by atoms with E-state index in [0.717, 1.165) is 18.8 Å². The predicted molar refractivity (Wildman–Crippen MR) is 94.2 cm³/mol. The molecule has 1 atom stereocenters. The summed E-state index contributed by atoms with van der Waals surface area (Å²) in [5, 5.41) is 2.98. The number of carbonyl (C=O) groups is 2. The van der Waals surface area contributed by atoms with Gasteiger partial charge in [0.15, 0.2) is 0 Å². The van der Waals surface area contributed by atoms with E-state index in [-0.39, 0.29) is 11.9 Å². The summed E-state index contributed by atoms with van der Waals surface area (Å²) in [6, 6.07) is 10.2. The smallest absolute Gasteiger partial charge is 0.251 e. The summed E-state index contributed by atoms with van der Waals surface area (Å²) in [6.45, 7) is 2.49. The zero-order valence-electron chi connectivity index (χ0n) is 14.1. The summed E-state index contributed by atoms with van der Waals surface area (Å²) in [6.07, 6.45) is 5.25. The molecular weight excluding hydrogens is 318 g/mol. The van der Waals surface area contributed by atoms with Crippen LogP contribution in [0.3, 0.4) is 0 Å². The lowest BCUT2D eigenvalue weighted by Crippen LogP contribution is -2.40. The fourth-order valence-electron chi connectivity index (χ4n) is 3.20. The van der Waals surface area contributed by atoms with Crippen molar-refractivity contribution < 1.29 is 14.0 Å². The molecule has 1 unspecified atom stereocenters. The molecule has 2 heterocycles. The molecule has 1 aromatic heterocycles. The van der Waals surface area contributed by atoms with Crippen LogP contribution in [0.2, 0.25) is 0 Å². The third-order valence-corrected chi connectivity index (χ3v) is 4.59. The number of rotatable bonds is 6. The normalized spacial score (nSPS) is 16.3. The molecular formula is C19H23N3O3. The minimum Gasteiger partial charge on any atom is -0.468 e. The maximum absolute atomic E-state index is 12.4. The molecule has 1 fully saturated rings. The van der Waals surface area contributed by atoms with Crippen LogP contribution in [-0.4, -0.2) is 36.3 Å².